The topological polar surface area (TPSA) is 129 Å². The molecule has 11 heteroatoms. The van der Waals surface area contributed by atoms with Crippen molar-refractivity contribution in [1.29, 1.82) is 0 Å². The second-order valence-corrected chi connectivity index (χ2v) is 9.00. The van der Waals surface area contributed by atoms with E-state index in [1.807, 2.05) is 0 Å². The van der Waals surface area contributed by atoms with E-state index in [-0.39, 0.29) is 25.5 Å². The first-order valence-corrected chi connectivity index (χ1v) is 10.8. The van der Waals surface area contributed by atoms with E-state index in [2.05, 4.69) is 5.32 Å². The van der Waals surface area contributed by atoms with E-state index in [0.717, 1.165) is 5.56 Å². The number of nitrogens with zero attached hydrogens (tertiary/aromatic N) is 3. The molecule has 0 bridgehead atoms. The standard InChI is InChI=1S/C22H30N4O7/c1-22(2,3)33-20(30)23-12-15-4-6-16(7-5-15)26-13-17(32-21(26)31)19(29)25-10-8-24(9-11-25)14-18(27)28/h4-7,17H,8-14H2,1-3H3,(H,23,30)(H,27,28). The molecule has 33 heavy (non-hydrogen) atoms. The molecule has 1 atom stereocenters. The fraction of sp³-hybridized carbons (Fsp3) is 0.545. The van der Waals surface area contributed by atoms with Gasteiger partial charge in [-0.3, -0.25) is 19.4 Å². The van der Waals surface area contributed by atoms with Gasteiger partial charge in [-0.25, -0.2) is 9.59 Å². The van der Waals surface area contributed by atoms with E-state index in [1.165, 1.54) is 4.90 Å². The number of ether oxygens (including phenoxy) is 2. The van der Waals surface area contributed by atoms with Crippen LogP contribution in [-0.2, 0) is 25.6 Å². The summed E-state index contributed by atoms with van der Waals surface area (Å²) in [5.74, 6) is -1.18. The van der Waals surface area contributed by atoms with E-state index in [0.29, 0.717) is 31.9 Å². The molecule has 2 heterocycles. The summed E-state index contributed by atoms with van der Waals surface area (Å²) < 4.78 is 10.5. The summed E-state index contributed by atoms with van der Waals surface area (Å²) in [4.78, 5) is 52.5. The Morgan fingerprint density at radius 1 is 1.12 bits per heavy atom. The molecule has 0 aliphatic carbocycles. The van der Waals surface area contributed by atoms with Gasteiger partial charge in [0.25, 0.3) is 5.91 Å². The van der Waals surface area contributed by atoms with Gasteiger partial charge in [-0.05, 0) is 38.5 Å². The molecular formula is C22H30N4O7. The van der Waals surface area contributed by atoms with Gasteiger partial charge in [0.1, 0.15) is 5.60 Å². The number of benzene rings is 1. The Bertz CT molecular complexity index is 889. The number of amides is 3. The Kier molecular flexibility index (Phi) is 7.42. The number of hydrogen-bond donors (Lipinski definition) is 2. The van der Waals surface area contributed by atoms with E-state index < -0.39 is 29.9 Å². The van der Waals surface area contributed by atoms with Crippen LogP contribution in [0.4, 0.5) is 15.3 Å². The van der Waals surface area contributed by atoms with Crippen LogP contribution in [0.5, 0.6) is 0 Å². The van der Waals surface area contributed by atoms with Crippen LogP contribution in [0.25, 0.3) is 0 Å². The number of cyclic esters (lactones) is 1. The average molecular weight is 463 g/mol. The smallest absolute Gasteiger partial charge is 0.415 e. The SMILES string of the molecule is CC(C)(C)OC(=O)NCc1ccc(N2CC(C(=O)N3CCN(CC(=O)O)CC3)OC2=O)cc1. The third kappa shape index (κ3) is 6.82. The summed E-state index contributed by atoms with van der Waals surface area (Å²) in [7, 11) is 0. The third-order valence-electron chi connectivity index (χ3n) is 5.21. The minimum Gasteiger partial charge on any atom is -0.480 e. The number of carbonyl (C=O) groups is 4. The Hall–Kier alpha value is -3.34. The summed E-state index contributed by atoms with van der Waals surface area (Å²) in [5, 5.41) is 11.6. The number of rotatable bonds is 6. The van der Waals surface area contributed by atoms with Crippen molar-refractivity contribution >= 4 is 29.8 Å². The number of hydrogen-bond acceptors (Lipinski definition) is 7. The Labute approximate surface area is 192 Å². The second-order valence-electron chi connectivity index (χ2n) is 9.00. The van der Waals surface area contributed by atoms with Crippen molar-refractivity contribution in [3.05, 3.63) is 29.8 Å². The van der Waals surface area contributed by atoms with E-state index in [4.69, 9.17) is 14.6 Å². The molecule has 2 fully saturated rings. The zero-order chi connectivity index (χ0) is 24.2. The number of carbonyl (C=O) groups excluding carboxylic acids is 3. The van der Waals surface area contributed by atoms with Gasteiger partial charge < -0.3 is 24.8 Å². The highest BCUT2D eigenvalue weighted by Gasteiger charge is 2.39. The van der Waals surface area contributed by atoms with E-state index in [9.17, 15) is 19.2 Å². The summed E-state index contributed by atoms with van der Waals surface area (Å²) in [6.07, 6.45) is -2.02. The lowest BCUT2D eigenvalue weighted by Crippen LogP contribution is -2.52. The van der Waals surface area contributed by atoms with E-state index in [1.54, 1.807) is 54.8 Å². The minimum absolute atomic E-state index is 0.0580. The lowest BCUT2D eigenvalue weighted by Gasteiger charge is -2.34. The molecule has 0 aromatic heterocycles. The van der Waals surface area contributed by atoms with Crippen LogP contribution in [0.15, 0.2) is 24.3 Å². The quantitative estimate of drug-likeness (QED) is 0.647. The lowest BCUT2D eigenvalue weighted by atomic mass is 10.2. The van der Waals surface area contributed by atoms with Gasteiger partial charge in [0.15, 0.2) is 6.10 Å². The Balaban J connectivity index is 1.51. The van der Waals surface area contributed by atoms with Gasteiger partial charge in [-0.2, -0.15) is 0 Å². The predicted molar refractivity (Wildman–Crippen MR) is 118 cm³/mol. The second kappa shape index (κ2) is 10.1. The van der Waals surface area contributed by atoms with Crippen LogP contribution in [0, 0.1) is 0 Å². The van der Waals surface area contributed by atoms with Crippen molar-refractivity contribution in [2.45, 2.75) is 39.0 Å². The van der Waals surface area contributed by atoms with Gasteiger partial charge in [0.05, 0.1) is 13.1 Å². The molecular weight excluding hydrogens is 432 g/mol. The number of alkyl carbamates (subject to hydrolysis) is 1. The van der Waals surface area contributed by atoms with Gasteiger partial charge in [0, 0.05) is 38.4 Å². The first-order valence-electron chi connectivity index (χ1n) is 10.8. The highest BCUT2D eigenvalue weighted by molar-refractivity contribution is 5.95. The highest BCUT2D eigenvalue weighted by Crippen LogP contribution is 2.23. The monoisotopic (exact) mass is 462 g/mol. The molecule has 1 aromatic rings. The predicted octanol–water partition coefficient (Wildman–Crippen LogP) is 1.27. The fourth-order valence-corrected chi connectivity index (χ4v) is 3.61. The zero-order valence-corrected chi connectivity index (χ0v) is 19.1. The molecule has 11 nitrogen and oxygen atoms in total. The van der Waals surface area contributed by atoms with Crippen LogP contribution in [-0.4, -0.2) is 89.9 Å². The number of carboxylic acids is 1. The molecule has 2 saturated heterocycles. The fourth-order valence-electron chi connectivity index (χ4n) is 3.61. The number of piperazine rings is 1. The molecule has 0 spiro atoms. The maximum absolute atomic E-state index is 12.8. The summed E-state index contributed by atoms with van der Waals surface area (Å²) in [6.45, 7) is 7.37. The summed E-state index contributed by atoms with van der Waals surface area (Å²) in [6, 6.07) is 7.00. The molecule has 1 aromatic carbocycles. The van der Waals surface area contributed by atoms with Gasteiger partial charge in [0.2, 0.25) is 0 Å². The minimum atomic E-state index is -0.906. The summed E-state index contributed by atoms with van der Waals surface area (Å²) >= 11 is 0. The first-order chi connectivity index (χ1) is 15.5. The molecule has 2 aliphatic rings. The van der Waals surface area contributed by atoms with Crippen molar-refractivity contribution in [3.8, 4) is 0 Å². The van der Waals surface area contributed by atoms with Crippen LogP contribution in [0.2, 0.25) is 0 Å². The van der Waals surface area contributed by atoms with Crippen molar-refractivity contribution in [2.24, 2.45) is 0 Å². The maximum Gasteiger partial charge on any atom is 0.415 e. The molecule has 1 unspecified atom stereocenters. The number of anilines is 1. The zero-order valence-electron chi connectivity index (χ0n) is 19.1. The number of aliphatic carboxylic acids is 1. The summed E-state index contributed by atoms with van der Waals surface area (Å²) in [5.41, 5.74) is 0.830. The molecule has 3 amide bonds. The van der Waals surface area contributed by atoms with Crippen LogP contribution < -0.4 is 10.2 Å². The maximum atomic E-state index is 12.8. The van der Waals surface area contributed by atoms with Crippen LogP contribution >= 0.6 is 0 Å². The van der Waals surface area contributed by atoms with Crippen molar-refractivity contribution < 1.29 is 33.8 Å². The molecule has 0 saturated carbocycles. The van der Waals surface area contributed by atoms with E-state index >= 15 is 0 Å². The highest BCUT2D eigenvalue weighted by atomic mass is 16.6. The Morgan fingerprint density at radius 3 is 2.33 bits per heavy atom. The third-order valence-corrected chi connectivity index (χ3v) is 5.21. The largest absolute Gasteiger partial charge is 0.480 e. The molecule has 2 N–H and O–H groups in total. The molecule has 3 rings (SSSR count). The molecule has 180 valence electrons. The Morgan fingerprint density at radius 2 is 1.76 bits per heavy atom. The first kappa shape index (κ1) is 24.3. The van der Waals surface area contributed by atoms with Crippen LogP contribution in [0.1, 0.15) is 26.3 Å². The van der Waals surface area contributed by atoms with Crippen molar-refractivity contribution in [2.75, 3.05) is 44.2 Å². The molecule has 2 aliphatic heterocycles. The van der Waals surface area contributed by atoms with Gasteiger partial charge in [-0.15, -0.1) is 0 Å². The molecule has 0 radical (unpaired) electrons. The lowest BCUT2D eigenvalue weighted by molar-refractivity contribution is -0.142. The number of nitrogens with one attached hydrogen (secondary N) is 1. The normalized spacial score (nSPS) is 19.2. The number of carboxylic acid groups (broad SMARTS) is 1. The van der Waals surface area contributed by atoms with Gasteiger partial charge in [-0.1, -0.05) is 12.1 Å². The van der Waals surface area contributed by atoms with Crippen molar-refractivity contribution in [3.63, 3.8) is 0 Å². The van der Waals surface area contributed by atoms with Crippen LogP contribution in [0.3, 0.4) is 0 Å². The van der Waals surface area contributed by atoms with Gasteiger partial charge >= 0.3 is 18.2 Å². The van der Waals surface area contributed by atoms with Crippen molar-refractivity contribution in [1.82, 2.24) is 15.1 Å². The average Bonchev–Trinajstić information content (AvgIpc) is 3.12.